The van der Waals surface area contributed by atoms with Crippen LogP contribution in [0.4, 0.5) is 0 Å². The maximum absolute atomic E-state index is 4.10. The first-order valence-electron chi connectivity index (χ1n) is 5.91. The van der Waals surface area contributed by atoms with E-state index in [4.69, 9.17) is 0 Å². The minimum Gasteiger partial charge on any atom is -0.316 e. The molecule has 1 heterocycles. The molecule has 1 aromatic heterocycles. The van der Waals surface area contributed by atoms with Crippen LogP contribution < -0.4 is 5.32 Å². The third-order valence-corrected chi connectivity index (χ3v) is 2.72. The summed E-state index contributed by atoms with van der Waals surface area (Å²) in [5.41, 5.74) is 3.28. The smallest absolute Gasteiger partial charge is 0.116 e. The SMILES string of the molecule is CCCCNCCc1cccc2[nH]nnc12. The largest absolute Gasteiger partial charge is 0.316 e. The maximum Gasteiger partial charge on any atom is 0.116 e. The predicted molar refractivity (Wildman–Crippen MR) is 65.4 cm³/mol. The molecule has 0 aliphatic rings. The summed E-state index contributed by atoms with van der Waals surface area (Å²) in [6, 6.07) is 6.17. The number of benzene rings is 1. The van der Waals surface area contributed by atoms with E-state index < -0.39 is 0 Å². The summed E-state index contributed by atoms with van der Waals surface area (Å²) >= 11 is 0. The first-order chi connectivity index (χ1) is 7.92. The van der Waals surface area contributed by atoms with Gasteiger partial charge in [-0.2, -0.15) is 0 Å². The van der Waals surface area contributed by atoms with E-state index in [0.29, 0.717) is 0 Å². The van der Waals surface area contributed by atoms with Crippen molar-refractivity contribution in [2.24, 2.45) is 0 Å². The van der Waals surface area contributed by atoms with E-state index in [1.54, 1.807) is 0 Å². The van der Waals surface area contributed by atoms with Crippen molar-refractivity contribution in [3.05, 3.63) is 23.8 Å². The fourth-order valence-corrected chi connectivity index (χ4v) is 1.78. The van der Waals surface area contributed by atoms with E-state index in [1.807, 2.05) is 12.1 Å². The number of hydrogen-bond acceptors (Lipinski definition) is 3. The number of hydrogen-bond donors (Lipinski definition) is 2. The molecule has 0 saturated carbocycles. The van der Waals surface area contributed by atoms with Crippen molar-refractivity contribution in [1.29, 1.82) is 0 Å². The summed E-state index contributed by atoms with van der Waals surface area (Å²) < 4.78 is 0. The summed E-state index contributed by atoms with van der Waals surface area (Å²) in [5.74, 6) is 0. The van der Waals surface area contributed by atoms with Gasteiger partial charge in [-0.25, -0.2) is 0 Å². The zero-order chi connectivity index (χ0) is 11.2. The summed E-state index contributed by atoms with van der Waals surface area (Å²) in [6.45, 7) is 4.31. The number of fused-ring (bicyclic) bond motifs is 1. The van der Waals surface area contributed by atoms with Crippen LogP contribution in [0.2, 0.25) is 0 Å². The van der Waals surface area contributed by atoms with Gasteiger partial charge in [0.05, 0.1) is 5.52 Å². The highest BCUT2D eigenvalue weighted by Gasteiger charge is 2.03. The Morgan fingerprint density at radius 1 is 1.31 bits per heavy atom. The Morgan fingerprint density at radius 2 is 2.25 bits per heavy atom. The topological polar surface area (TPSA) is 53.6 Å². The average Bonchev–Trinajstić information content (AvgIpc) is 2.77. The Kier molecular flexibility index (Phi) is 3.88. The molecule has 2 aromatic rings. The lowest BCUT2D eigenvalue weighted by Gasteiger charge is -2.04. The molecule has 0 radical (unpaired) electrons. The van der Waals surface area contributed by atoms with Crippen LogP contribution in [-0.4, -0.2) is 28.5 Å². The molecule has 0 spiro atoms. The van der Waals surface area contributed by atoms with E-state index >= 15 is 0 Å². The quantitative estimate of drug-likeness (QED) is 0.728. The van der Waals surface area contributed by atoms with Crippen molar-refractivity contribution >= 4 is 11.0 Å². The van der Waals surface area contributed by atoms with Crippen LogP contribution in [0.25, 0.3) is 11.0 Å². The van der Waals surface area contributed by atoms with Gasteiger partial charge in [0.2, 0.25) is 0 Å². The molecule has 0 aliphatic heterocycles. The van der Waals surface area contributed by atoms with E-state index in [9.17, 15) is 0 Å². The molecular formula is C12H18N4. The maximum atomic E-state index is 4.10. The minimum atomic E-state index is 1.000. The van der Waals surface area contributed by atoms with Gasteiger partial charge in [-0.1, -0.05) is 30.7 Å². The molecule has 86 valence electrons. The molecule has 4 nitrogen and oxygen atoms in total. The van der Waals surface area contributed by atoms with Gasteiger partial charge in [0.15, 0.2) is 0 Å². The molecule has 0 amide bonds. The van der Waals surface area contributed by atoms with Crippen LogP contribution in [0.3, 0.4) is 0 Å². The molecule has 0 aliphatic carbocycles. The normalized spacial score (nSPS) is 11.1. The minimum absolute atomic E-state index is 1.000. The van der Waals surface area contributed by atoms with Gasteiger partial charge in [0, 0.05) is 0 Å². The monoisotopic (exact) mass is 218 g/mol. The summed E-state index contributed by atoms with van der Waals surface area (Å²) in [6.07, 6.45) is 3.49. The van der Waals surface area contributed by atoms with Gasteiger partial charge in [-0.15, -0.1) is 5.10 Å². The Bertz CT molecular complexity index is 435. The predicted octanol–water partition coefficient (Wildman–Crippen LogP) is 1.89. The fourth-order valence-electron chi connectivity index (χ4n) is 1.78. The lowest BCUT2D eigenvalue weighted by Crippen LogP contribution is -2.18. The fraction of sp³-hybridized carbons (Fsp3) is 0.500. The molecule has 2 N–H and O–H groups in total. The highest BCUT2D eigenvalue weighted by molar-refractivity contribution is 5.77. The molecule has 16 heavy (non-hydrogen) atoms. The van der Waals surface area contributed by atoms with Crippen LogP contribution in [-0.2, 0) is 6.42 Å². The summed E-state index contributed by atoms with van der Waals surface area (Å²) in [7, 11) is 0. The molecule has 0 atom stereocenters. The average molecular weight is 218 g/mol. The number of rotatable bonds is 6. The Morgan fingerprint density at radius 3 is 3.12 bits per heavy atom. The molecule has 0 saturated heterocycles. The Labute approximate surface area is 95.4 Å². The Hall–Kier alpha value is -1.42. The second-order valence-corrected chi connectivity index (χ2v) is 3.98. The van der Waals surface area contributed by atoms with Crippen molar-refractivity contribution in [2.75, 3.05) is 13.1 Å². The van der Waals surface area contributed by atoms with Crippen molar-refractivity contribution in [3.8, 4) is 0 Å². The second-order valence-electron chi connectivity index (χ2n) is 3.98. The van der Waals surface area contributed by atoms with E-state index in [0.717, 1.165) is 30.5 Å². The molecular weight excluding hydrogens is 200 g/mol. The molecule has 0 fully saturated rings. The van der Waals surface area contributed by atoms with E-state index in [1.165, 1.54) is 18.4 Å². The Balaban J connectivity index is 1.91. The van der Waals surface area contributed by atoms with Crippen molar-refractivity contribution in [2.45, 2.75) is 26.2 Å². The number of aromatic amines is 1. The zero-order valence-electron chi connectivity index (χ0n) is 9.66. The lowest BCUT2D eigenvalue weighted by atomic mass is 10.1. The summed E-state index contributed by atoms with van der Waals surface area (Å²) in [4.78, 5) is 0. The zero-order valence-corrected chi connectivity index (χ0v) is 9.66. The van der Waals surface area contributed by atoms with Crippen LogP contribution in [0, 0.1) is 0 Å². The van der Waals surface area contributed by atoms with Gasteiger partial charge in [0.25, 0.3) is 0 Å². The van der Waals surface area contributed by atoms with Gasteiger partial charge < -0.3 is 5.32 Å². The van der Waals surface area contributed by atoms with Crippen molar-refractivity contribution in [3.63, 3.8) is 0 Å². The number of unbranched alkanes of at least 4 members (excludes halogenated alkanes) is 1. The standard InChI is InChI=1S/C12H18N4/c1-2-3-8-13-9-7-10-5-4-6-11-12(10)15-16-14-11/h4-6,13H,2-3,7-9H2,1H3,(H,14,15,16). The number of aromatic nitrogens is 3. The highest BCUT2D eigenvalue weighted by Crippen LogP contribution is 2.13. The lowest BCUT2D eigenvalue weighted by molar-refractivity contribution is 0.641. The van der Waals surface area contributed by atoms with Crippen LogP contribution in [0.1, 0.15) is 25.3 Å². The highest BCUT2D eigenvalue weighted by atomic mass is 15.3. The first kappa shape index (κ1) is 11.1. The van der Waals surface area contributed by atoms with E-state index in [-0.39, 0.29) is 0 Å². The molecule has 1 aromatic carbocycles. The van der Waals surface area contributed by atoms with Crippen LogP contribution in [0.15, 0.2) is 18.2 Å². The number of nitrogens with zero attached hydrogens (tertiary/aromatic N) is 2. The van der Waals surface area contributed by atoms with Crippen LogP contribution in [0.5, 0.6) is 0 Å². The van der Waals surface area contributed by atoms with Gasteiger partial charge in [-0.3, -0.25) is 5.10 Å². The van der Waals surface area contributed by atoms with Crippen LogP contribution >= 0.6 is 0 Å². The van der Waals surface area contributed by atoms with Gasteiger partial charge >= 0.3 is 0 Å². The first-order valence-corrected chi connectivity index (χ1v) is 5.91. The number of H-pyrrole nitrogens is 1. The number of nitrogens with one attached hydrogen (secondary N) is 2. The van der Waals surface area contributed by atoms with Crippen molar-refractivity contribution < 1.29 is 0 Å². The molecule has 4 heteroatoms. The van der Waals surface area contributed by atoms with Crippen molar-refractivity contribution in [1.82, 2.24) is 20.7 Å². The molecule has 0 bridgehead atoms. The van der Waals surface area contributed by atoms with Gasteiger partial charge in [0.1, 0.15) is 5.52 Å². The van der Waals surface area contributed by atoms with E-state index in [2.05, 4.69) is 33.7 Å². The molecule has 0 unspecified atom stereocenters. The third-order valence-electron chi connectivity index (χ3n) is 2.72. The third kappa shape index (κ3) is 2.58. The summed E-state index contributed by atoms with van der Waals surface area (Å²) in [5, 5.41) is 14.2. The van der Waals surface area contributed by atoms with Gasteiger partial charge in [-0.05, 0) is 37.6 Å². The molecule has 2 rings (SSSR count). The second kappa shape index (κ2) is 5.61.